The molecule has 10 heteroatoms. The molecule has 2 N–H and O–H groups in total. The third-order valence-electron chi connectivity index (χ3n) is 4.96. The summed E-state index contributed by atoms with van der Waals surface area (Å²) in [5.74, 6) is 0.936. The molecule has 0 saturated carbocycles. The van der Waals surface area contributed by atoms with Crippen LogP contribution in [0.4, 0.5) is 5.13 Å². The van der Waals surface area contributed by atoms with Crippen molar-refractivity contribution in [3.05, 3.63) is 59.0 Å². The number of hydrogen-bond acceptors (Lipinski definition) is 7. The molecule has 2 aromatic carbocycles. The first-order valence-corrected chi connectivity index (χ1v) is 14.0. The number of aryl methyl sites for hydroxylation is 2. The summed E-state index contributed by atoms with van der Waals surface area (Å²) in [4.78, 5) is 17.7. The summed E-state index contributed by atoms with van der Waals surface area (Å²) in [6.45, 7) is 3.65. The first-order valence-electron chi connectivity index (χ1n) is 10.2. The smallest absolute Gasteiger partial charge is 0.244 e. The predicted octanol–water partition coefficient (Wildman–Crippen LogP) is 4.47. The number of rotatable bonds is 10. The average molecular weight is 506 g/mol. The van der Waals surface area contributed by atoms with Gasteiger partial charge in [0.05, 0.1) is 17.7 Å². The molecular weight excluding hydrogens is 478 g/mol. The maximum Gasteiger partial charge on any atom is 0.244 e. The maximum absolute atomic E-state index is 13.0. The van der Waals surface area contributed by atoms with Crippen molar-refractivity contribution in [1.29, 1.82) is 0 Å². The van der Waals surface area contributed by atoms with Crippen LogP contribution in [0.25, 0.3) is 11.3 Å². The van der Waals surface area contributed by atoms with Gasteiger partial charge in [0.15, 0.2) is 5.13 Å². The molecule has 0 radical (unpaired) electrons. The Bertz CT molecular complexity index is 1210. The molecule has 3 rings (SSSR count). The molecular formula is C23H27N3O4S3. The number of anilines is 1. The molecule has 1 aromatic heterocycles. The average Bonchev–Trinajstić information content (AvgIpc) is 3.24. The summed E-state index contributed by atoms with van der Waals surface area (Å²) in [6.07, 6.45) is 2.27. The van der Waals surface area contributed by atoms with Gasteiger partial charge in [-0.1, -0.05) is 17.7 Å². The van der Waals surface area contributed by atoms with E-state index in [1.807, 2.05) is 48.9 Å². The van der Waals surface area contributed by atoms with Gasteiger partial charge >= 0.3 is 0 Å². The number of thiazole rings is 1. The fraction of sp³-hybridized carbons (Fsp3) is 0.304. The van der Waals surface area contributed by atoms with E-state index in [0.29, 0.717) is 22.9 Å². The number of aromatic nitrogens is 1. The van der Waals surface area contributed by atoms with Crippen LogP contribution in [0.3, 0.4) is 0 Å². The summed E-state index contributed by atoms with van der Waals surface area (Å²) in [6, 6.07) is 11.7. The molecule has 0 bridgehead atoms. The molecule has 1 heterocycles. The van der Waals surface area contributed by atoms with Crippen molar-refractivity contribution in [2.75, 3.05) is 24.4 Å². The number of nitrogens with one attached hydrogen (secondary N) is 2. The lowest BCUT2D eigenvalue weighted by atomic mass is 10.2. The van der Waals surface area contributed by atoms with Gasteiger partial charge in [0.1, 0.15) is 11.8 Å². The number of benzene rings is 2. The third kappa shape index (κ3) is 6.57. The molecule has 3 aromatic rings. The fourth-order valence-corrected chi connectivity index (χ4v) is 5.90. The second kappa shape index (κ2) is 11.1. The molecule has 0 saturated heterocycles. The van der Waals surface area contributed by atoms with Crippen molar-refractivity contribution >= 4 is 44.2 Å². The van der Waals surface area contributed by atoms with Crippen molar-refractivity contribution in [1.82, 2.24) is 9.71 Å². The van der Waals surface area contributed by atoms with E-state index in [2.05, 4.69) is 15.0 Å². The molecule has 0 aliphatic heterocycles. The lowest BCUT2D eigenvalue weighted by molar-refractivity contribution is -0.117. The molecule has 0 unspecified atom stereocenters. The Labute approximate surface area is 203 Å². The third-order valence-corrected chi connectivity index (χ3v) is 8.00. The first-order chi connectivity index (χ1) is 15.7. The van der Waals surface area contributed by atoms with E-state index >= 15 is 0 Å². The van der Waals surface area contributed by atoms with Gasteiger partial charge in [-0.05, 0) is 68.2 Å². The SMILES string of the molecule is COc1ccc(-c2csc(NC(=O)[C@@H](CCSC)NS(=O)(=O)c3ccc(C)cc3C)n2)cc1. The van der Waals surface area contributed by atoms with Crippen molar-refractivity contribution < 1.29 is 17.9 Å². The zero-order valence-corrected chi connectivity index (χ0v) is 21.4. The van der Waals surface area contributed by atoms with Crippen LogP contribution in [0.1, 0.15) is 17.5 Å². The highest BCUT2D eigenvalue weighted by Crippen LogP contribution is 2.27. The van der Waals surface area contributed by atoms with Gasteiger partial charge in [-0.3, -0.25) is 4.79 Å². The zero-order valence-electron chi connectivity index (χ0n) is 18.9. The van der Waals surface area contributed by atoms with Crippen LogP contribution < -0.4 is 14.8 Å². The topological polar surface area (TPSA) is 97.4 Å². The zero-order chi connectivity index (χ0) is 24.0. The number of amides is 1. The minimum atomic E-state index is -3.87. The number of thioether (sulfide) groups is 1. The van der Waals surface area contributed by atoms with E-state index in [1.54, 1.807) is 37.9 Å². The quantitative estimate of drug-likeness (QED) is 0.422. The molecule has 0 spiro atoms. The Hall–Kier alpha value is -2.40. The Kier molecular flexibility index (Phi) is 8.52. The van der Waals surface area contributed by atoms with Gasteiger partial charge < -0.3 is 10.1 Å². The van der Waals surface area contributed by atoms with Crippen LogP contribution in [0.2, 0.25) is 0 Å². The monoisotopic (exact) mass is 505 g/mol. The molecule has 1 amide bonds. The fourth-order valence-electron chi connectivity index (χ4n) is 3.25. The Morgan fingerprint density at radius 1 is 1.18 bits per heavy atom. The summed E-state index contributed by atoms with van der Waals surface area (Å²) in [7, 11) is -2.26. The minimum absolute atomic E-state index is 0.172. The summed E-state index contributed by atoms with van der Waals surface area (Å²) < 4.78 is 33.8. The Morgan fingerprint density at radius 2 is 1.91 bits per heavy atom. The number of ether oxygens (including phenoxy) is 1. The second-order valence-corrected chi connectivity index (χ2v) is 11.0. The van der Waals surface area contributed by atoms with E-state index in [-0.39, 0.29) is 4.90 Å². The normalized spacial score (nSPS) is 12.4. The molecule has 7 nitrogen and oxygen atoms in total. The van der Waals surface area contributed by atoms with Gasteiger partial charge in [0.2, 0.25) is 15.9 Å². The molecule has 176 valence electrons. The van der Waals surface area contributed by atoms with Crippen molar-refractivity contribution in [2.24, 2.45) is 0 Å². The molecule has 0 fully saturated rings. The van der Waals surface area contributed by atoms with E-state index in [4.69, 9.17) is 4.74 Å². The minimum Gasteiger partial charge on any atom is -0.497 e. The molecule has 0 aliphatic carbocycles. The van der Waals surface area contributed by atoms with Crippen LogP contribution >= 0.6 is 23.1 Å². The van der Waals surface area contributed by atoms with Crippen molar-refractivity contribution in [2.45, 2.75) is 31.2 Å². The Morgan fingerprint density at radius 3 is 2.55 bits per heavy atom. The van der Waals surface area contributed by atoms with Crippen LogP contribution in [0.5, 0.6) is 5.75 Å². The lowest BCUT2D eigenvalue weighted by Gasteiger charge is -2.18. The van der Waals surface area contributed by atoms with Crippen molar-refractivity contribution in [3.63, 3.8) is 0 Å². The largest absolute Gasteiger partial charge is 0.497 e. The van der Waals surface area contributed by atoms with Gasteiger partial charge in [-0.2, -0.15) is 16.5 Å². The van der Waals surface area contributed by atoms with Crippen molar-refractivity contribution in [3.8, 4) is 17.0 Å². The second-order valence-electron chi connectivity index (χ2n) is 7.48. The highest BCUT2D eigenvalue weighted by atomic mass is 32.2. The number of carbonyl (C=O) groups excluding carboxylic acids is 1. The van der Waals surface area contributed by atoms with E-state index in [1.165, 1.54) is 11.3 Å². The summed E-state index contributed by atoms with van der Waals surface area (Å²) in [5, 5.41) is 5.02. The molecule has 0 aliphatic rings. The number of sulfonamides is 1. The highest BCUT2D eigenvalue weighted by molar-refractivity contribution is 7.98. The number of methoxy groups -OCH3 is 1. The standard InChI is InChI=1S/C23H27N3O4S3/c1-15-5-10-21(16(2)13-15)33(28,29)26-19(11-12-31-4)22(27)25-23-24-20(14-32-23)17-6-8-18(30-3)9-7-17/h5-10,13-14,19,26H,11-12H2,1-4H3,(H,24,25,27)/t19-/m1/s1. The van der Waals surface area contributed by atoms with Crippen LogP contribution in [0, 0.1) is 13.8 Å². The number of carbonyl (C=O) groups is 1. The molecule has 1 atom stereocenters. The highest BCUT2D eigenvalue weighted by Gasteiger charge is 2.27. The van der Waals surface area contributed by atoms with E-state index in [9.17, 15) is 13.2 Å². The Balaban J connectivity index is 1.76. The summed E-state index contributed by atoms with van der Waals surface area (Å²) >= 11 is 2.83. The van der Waals surface area contributed by atoms with E-state index < -0.39 is 22.0 Å². The maximum atomic E-state index is 13.0. The van der Waals surface area contributed by atoms with Crippen LogP contribution in [0.15, 0.2) is 52.7 Å². The van der Waals surface area contributed by atoms with Gasteiger partial charge in [0.25, 0.3) is 0 Å². The van der Waals surface area contributed by atoms with E-state index in [0.717, 1.165) is 22.6 Å². The molecule has 33 heavy (non-hydrogen) atoms. The first kappa shape index (κ1) is 25.2. The summed E-state index contributed by atoms with van der Waals surface area (Å²) in [5.41, 5.74) is 3.21. The van der Waals surface area contributed by atoms with Crippen LogP contribution in [-0.4, -0.2) is 44.5 Å². The number of nitrogens with zero attached hydrogens (tertiary/aromatic N) is 1. The van der Waals surface area contributed by atoms with Crippen LogP contribution in [-0.2, 0) is 14.8 Å². The lowest BCUT2D eigenvalue weighted by Crippen LogP contribution is -2.44. The van der Waals surface area contributed by atoms with Gasteiger partial charge in [-0.15, -0.1) is 11.3 Å². The van der Waals surface area contributed by atoms with Gasteiger partial charge in [0, 0.05) is 10.9 Å². The van der Waals surface area contributed by atoms with Gasteiger partial charge in [-0.25, -0.2) is 13.4 Å². The predicted molar refractivity (Wildman–Crippen MR) is 136 cm³/mol. The number of hydrogen-bond donors (Lipinski definition) is 2.